The fraction of sp³-hybridized carbons (Fsp3) is 0.368. The molecule has 24 heavy (non-hydrogen) atoms. The molecule has 2 aromatic rings. The maximum atomic E-state index is 12.3. The number of nitrogens with one attached hydrogen (secondary N) is 1. The van der Waals surface area contributed by atoms with Gasteiger partial charge in [-0.05, 0) is 49.2 Å². The van der Waals surface area contributed by atoms with Crippen LogP contribution in [0.5, 0.6) is 5.75 Å². The summed E-state index contributed by atoms with van der Waals surface area (Å²) in [5.41, 5.74) is 2.08. The summed E-state index contributed by atoms with van der Waals surface area (Å²) in [6, 6.07) is 14.1. The predicted molar refractivity (Wildman–Crippen MR) is 92.6 cm³/mol. The summed E-state index contributed by atoms with van der Waals surface area (Å²) in [5, 5.41) is 2.95. The molecule has 1 fully saturated rings. The molecule has 0 aliphatic carbocycles. The molecule has 1 aromatic carbocycles. The molecule has 1 aliphatic rings. The van der Waals surface area contributed by atoms with E-state index < -0.39 is 0 Å². The minimum absolute atomic E-state index is 0.0375. The number of aromatic nitrogens is 1. The smallest absolute Gasteiger partial charge is 0.234 e. The van der Waals surface area contributed by atoms with Gasteiger partial charge in [0.15, 0.2) is 0 Å². The molecule has 1 N–H and O–H groups in total. The van der Waals surface area contributed by atoms with Gasteiger partial charge in [-0.25, -0.2) is 0 Å². The van der Waals surface area contributed by atoms with Crippen LogP contribution in [0.25, 0.3) is 0 Å². The molecule has 1 saturated heterocycles. The van der Waals surface area contributed by atoms with E-state index in [1.165, 1.54) is 5.56 Å². The summed E-state index contributed by atoms with van der Waals surface area (Å²) in [6.07, 6.45) is 3.91. The predicted octanol–water partition coefficient (Wildman–Crippen LogP) is 2.54. The Hall–Kier alpha value is -2.40. The zero-order valence-electron chi connectivity index (χ0n) is 13.9. The topological polar surface area (TPSA) is 54.5 Å². The summed E-state index contributed by atoms with van der Waals surface area (Å²) in [6.45, 7) is 1.82. The highest BCUT2D eigenvalue weighted by molar-refractivity contribution is 5.78. The fourth-order valence-electron chi connectivity index (χ4n) is 3.17. The molecule has 1 atom stereocenters. The van der Waals surface area contributed by atoms with Gasteiger partial charge in [-0.1, -0.05) is 18.2 Å². The largest absolute Gasteiger partial charge is 0.497 e. The van der Waals surface area contributed by atoms with Crippen LogP contribution in [0.15, 0.2) is 48.7 Å². The molecule has 0 saturated carbocycles. The number of methoxy groups -OCH3 is 1. The van der Waals surface area contributed by atoms with Crippen LogP contribution >= 0.6 is 0 Å². The molecule has 126 valence electrons. The van der Waals surface area contributed by atoms with Crippen molar-refractivity contribution >= 4 is 5.91 Å². The van der Waals surface area contributed by atoms with Gasteiger partial charge in [0.25, 0.3) is 0 Å². The van der Waals surface area contributed by atoms with Crippen LogP contribution in [0.3, 0.4) is 0 Å². The lowest BCUT2D eigenvalue weighted by Crippen LogP contribution is -2.36. The Morgan fingerprint density at radius 2 is 2.25 bits per heavy atom. The third-order valence-corrected chi connectivity index (χ3v) is 4.38. The zero-order valence-corrected chi connectivity index (χ0v) is 13.9. The minimum atomic E-state index is 0.0375. The van der Waals surface area contributed by atoms with E-state index >= 15 is 0 Å². The summed E-state index contributed by atoms with van der Waals surface area (Å²) < 4.78 is 5.31. The minimum Gasteiger partial charge on any atom is -0.497 e. The lowest BCUT2D eigenvalue weighted by molar-refractivity contribution is -0.122. The number of amides is 1. The average Bonchev–Trinajstić information content (AvgIpc) is 3.09. The first-order valence-electron chi connectivity index (χ1n) is 8.31. The van der Waals surface area contributed by atoms with E-state index in [2.05, 4.69) is 27.3 Å². The molecule has 5 nitrogen and oxygen atoms in total. The summed E-state index contributed by atoms with van der Waals surface area (Å²) in [7, 11) is 1.68. The number of ether oxygens (including phenoxy) is 1. The number of carbonyl (C=O) groups excluding carboxylic acids is 1. The van der Waals surface area contributed by atoms with Crippen LogP contribution in [0.2, 0.25) is 0 Å². The Morgan fingerprint density at radius 3 is 3.04 bits per heavy atom. The first kappa shape index (κ1) is 16.5. The van der Waals surface area contributed by atoms with Crippen molar-refractivity contribution in [3.63, 3.8) is 0 Å². The van der Waals surface area contributed by atoms with E-state index in [9.17, 15) is 4.79 Å². The summed E-state index contributed by atoms with van der Waals surface area (Å²) >= 11 is 0. The number of hydrogen-bond donors (Lipinski definition) is 1. The highest BCUT2D eigenvalue weighted by Crippen LogP contribution is 2.32. The third-order valence-electron chi connectivity index (χ3n) is 4.38. The monoisotopic (exact) mass is 325 g/mol. The lowest BCUT2D eigenvalue weighted by atomic mass is 10.0. The number of hydrogen-bond acceptors (Lipinski definition) is 4. The molecule has 2 heterocycles. The zero-order chi connectivity index (χ0) is 16.8. The second-order valence-electron chi connectivity index (χ2n) is 6.00. The van der Waals surface area contributed by atoms with Gasteiger partial charge in [-0.15, -0.1) is 0 Å². The van der Waals surface area contributed by atoms with E-state index in [0.29, 0.717) is 13.1 Å². The van der Waals surface area contributed by atoms with Crippen molar-refractivity contribution in [2.24, 2.45) is 0 Å². The maximum Gasteiger partial charge on any atom is 0.234 e. The molecule has 0 radical (unpaired) electrons. The number of carbonyl (C=O) groups is 1. The molecule has 1 aliphatic heterocycles. The highest BCUT2D eigenvalue weighted by Gasteiger charge is 2.27. The van der Waals surface area contributed by atoms with Gasteiger partial charge in [0.2, 0.25) is 5.91 Å². The van der Waals surface area contributed by atoms with Crippen molar-refractivity contribution in [2.75, 3.05) is 20.2 Å². The fourth-order valence-corrected chi connectivity index (χ4v) is 3.17. The standard InChI is InChI=1S/C19H23N3O2/c1-24-17-8-4-6-15(12-17)18-9-5-11-22(18)14-19(23)21-13-16-7-2-3-10-20-16/h2-4,6-8,10,12,18H,5,9,11,13-14H2,1H3,(H,21,23). The average molecular weight is 325 g/mol. The lowest BCUT2D eigenvalue weighted by Gasteiger charge is -2.24. The van der Waals surface area contributed by atoms with E-state index in [1.54, 1.807) is 13.3 Å². The number of rotatable bonds is 6. The Balaban J connectivity index is 1.58. The number of nitrogens with zero attached hydrogens (tertiary/aromatic N) is 2. The van der Waals surface area contributed by atoms with Gasteiger partial charge in [-0.2, -0.15) is 0 Å². The Kier molecular flexibility index (Phi) is 5.43. The molecular formula is C19H23N3O2. The van der Waals surface area contributed by atoms with Crippen molar-refractivity contribution < 1.29 is 9.53 Å². The molecule has 3 rings (SSSR count). The van der Waals surface area contributed by atoms with Crippen molar-refractivity contribution in [1.29, 1.82) is 0 Å². The number of benzene rings is 1. The van der Waals surface area contributed by atoms with Crippen molar-refractivity contribution in [2.45, 2.75) is 25.4 Å². The van der Waals surface area contributed by atoms with Gasteiger partial charge in [0.05, 0.1) is 25.9 Å². The highest BCUT2D eigenvalue weighted by atomic mass is 16.5. The Labute approximate surface area is 142 Å². The number of likely N-dealkylation sites (tertiary alicyclic amines) is 1. The van der Waals surface area contributed by atoms with Crippen LogP contribution in [0.1, 0.15) is 30.1 Å². The Bertz CT molecular complexity index is 675. The second kappa shape index (κ2) is 7.93. The van der Waals surface area contributed by atoms with Crippen molar-refractivity contribution in [3.8, 4) is 5.75 Å². The van der Waals surface area contributed by atoms with Gasteiger partial charge in [-0.3, -0.25) is 14.7 Å². The van der Waals surface area contributed by atoms with Gasteiger partial charge < -0.3 is 10.1 Å². The third kappa shape index (κ3) is 4.11. The summed E-state index contributed by atoms with van der Waals surface area (Å²) in [5.74, 6) is 0.898. The first-order valence-corrected chi connectivity index (χ1v) is 8.31. The van der Waals surface area contributed by atoms with E-state index in [1.807, 2.05) is 30.3 Å². The van der Waals surface area contributed by atoms with Crippen LogP contribution in [0.4, 0.5) is 0 Å². The Morgan fingerprint density at radius 1 is 1.33 bits per heavy atom. The summed E-state index contributed by atoms with van der Waals surface area (Å²) in [4.78, 5) is 18.7. The van der Waals surface area contributed by atoms with Gasteiger partial charge >= 0.3 is 0 Å². The maximum absolute atomic E-state index is 12.3. The molecule has 1 unspecified atom stereocenters. The van der Waals surface area contributed by atoms with Crippen LogP contribution in [-0.4, -0.2) is 36.0 Å². The van der Waals surface area contributed by atoms with Crippen molar-refractivity contribution in [1.82, 2.24) is 15.2 Å². The van der Waals surface area contributed by atoms with Crippen LogP contribution in [-0.2, 0) is 11.3 Å². The second-order valence-corrected chi connectivity index (χ2v) is 6.00. The van der Waals surface area contributed by atoms with Crippen LogP contribution < -0.4 is 10.1 Å². The first-order chi connectivity index (χ1) is 11.8. The molecule has 0 spiro atoms. The molecule has 0 bridgehead atoms. The van der Waals surface area contributed by atoms with E-state index in [-0.39, 0.29) is 11.9 Å². The van der Waals surface area contributed by atoms with Gasteiger partial charge in [0, 0.05) is 12.2 Å². The van der Waals surface area contributed by atoms with E-state index in [4.69, 9.17) is 4.74 Å². The van der Waals surface area contributed by atoms with E-state index in [0.717, 1.165) is 30.8 Å². The molecule has 5 heteroatoms. The quantitative estimate of drug-likeness (QED) is 0.887. The number of pyridine rings is 1. The normalized spacial score (nSPS) is 17.6. The SMILES string of the molecule is COc1cccc(C2CCCN2CC(=O)NCc2ccccn2)c1. The molecule has 1 amide bonds. The van der Waals surface area contributed by atoms with Gasteiger partial charge in [0.1, 0.15) is 5.75 Å². The van der Waals surface area contributed by atoms with Crippen LogP contribution in [0, 0.1) is 0 Å². The van der Waals surface area contributed by atoms with Crippen molar-refractivity contribution in [3.05, 3.63) is 59.9 Å². The molecular weight excluding hydrogens is 302 g/mol. The molecule has 1 aromatic heterocycles.